The van der Waals surface area contributed by atoms with Gasteiger partial charge in [0.1, 0.15) is 5.69 Å². The maximum atomic E-state index is 11.8. The molecule has 0 unspecified atom stereocenters. The first-order chi connectivity index (χ1) is 10.6. The van der Waals surface area contributed by atoms with Gasteiger partial charge in [0.2, 0.25) is 0 Å². The Morgan fingerprint density at radius 2 is 1.86 bits per heavy atom. The molecular weight excluding hydrogens is 310 g/mol. The van der Waals surface area contributed by atoms with E-state index < -0.39 is 24.4 Å². The zero-order valence-corrected chi connectivity index (χ0v) is 12.0. The topological polar surface area (TPSA) is 100 Å². The second kappa shape index (κ2) is 7.28. The first kappa shape index (κ1) is 15.6. The second-order valence-electron chi connectivity index (χ2n) is 4.14. The molecule has 114 valence electrons. The van der Waals surface area contributed by atoms with Crippen LogP contribution in [0.1, 0.15) is 20.8 Å². The molecule has 0 atom stereocenters. The fraction of sp³-hybridized carbons (Fsp3) is 0.0714. The van der Waals surface area contributed by atoms with Crippen molar-refractivity contribution in [3.63, 3.8) is 0 Å². The minimum atomic E-state index is -0.680. The van der Waals surface area contributed by atoms with Gasteiger partial charge in [0.15, 0.2) is 6.61 Å². The number of ether oxygens (including phenoxy) is 1. The lowest BCUT2D eigenvalue weighted by Crippen LogP contribution is -2.43. The van der Waals surface area contributed by atoms with Crippen molar-refractivity contribution < 1.29 is 19.1 Å². The SMILES string of the molecule is O=C(COC(=O)c1ccc[nH]1)NNC(=O)c1ccccc1Cl. The number of hydrazine groups is 1. The molecule has 2 aromatic rings. The molecule has 2 rings (SSSR count). The van der Waals surface area contributed by atoms with Gasteiger partial charge in [0.25, 0.3) is 11.8 Å². The number of halogens is 1. The van der Waals surface area contributed by atoms with E-state index in [0.29, 0.717) is 0 Å². The maximum absolute atomic E-state index is 11.8. The lowest BCUT2D eigenvalue weighted by molar-refractivity contribution is -0.125. The van der Waals surface area contributed by atoms with Gasteiger partial charge in [-0.1, -0.05) is 23.7 Å². The Labute approximate surface area is 130 Å². The second-order valence-corrected chi connectivity index (χ2v) is 4.55. The number of aromatic nitrogens is 1. The van der Waals surface area contributed by atoms with E-state index in [1.54, 1.807) is 30.5 Å². The van der Waals surface area contributed by atoms with Crippen molar-refractivity contribution >= 4 is 29.4 Å². The molecule has 0 fully saturated rings. The Balaban J connectivity index is 1.77. The van der Waals surface area contributed by atoms with Crippen LogP contribution in [-0.2, 0) is 9.53 Å². The minimum absolute atomic E-state index is 0.216. The van der Waals surface area contributed by atoms with Crippen LogP contribution in [0.2, 0.25) is 5.02 Å². The molecular formula is C14H12ClN3O4. The number of hydrogen-bond donors (Lipinski definition) is 3. The van der Waals surface area contributed by atoms with Crippen LogP contribution >= 0.6 is 11.6 Å². The Morgan fingerprint density at radius 3 is 2.55 bits per heavy atom. The third kappa shape index (κ3) is 4.10. The summed E-state index contributed by atoms with van der Waals surface area (Å²) >= 11 is 5.85. The van der Waals surface area contributed by atoms with Crippen molar-refractivity contribution in [3.8, 4) is 0 Å². The third-order valence-electron chi connectivity index (χ3n) is 2.59. The quantitative estimate of drug-likeness (QED) is 0.583. The van der Waals surface area contributed by atoms with Crippen LogP contribution in [0.5, 0.6) is 0 Å². The highest BCUT2D eigenvalue weighted by Crippen LogP contribution is 2.13. The molecule has 0 aliphatic heterocycles. The zero-order valence-electron chi connectivity index (χ0n) is 11.3. The highest BCUT2D eigenvalue weighted by Gasteiger charge is 2.13. The number of nitrogens with one attached hydrogen (secondary N) is 3. The van der Waals surface area contributed by atoms with Crippen LogP contribution < -0.4 is 10.9 Å². The Kier molecular flexibility index (Phi) is 5.16. The number of H-pyrrole nitrogens is 1. The molecule has 22 heavy (non-hydrogen) atoms. The molecule has 1 aromatic heterocycles. The number of aromatic amines is 1. The predicted molar refractivity (Wildman–Crippen MR) is 78.1 cm³/mol. The highest BCUT2D eigenvalue weighted by atomic mass is 35.5. The number of carbonyl (C=O) groups is 3. The molecule has 0 aliphatic rings. The van der Waals surface area contributed by atoms with Gasteiger partial charge in [-0.2, -0.15) is 0 Å². The number of rotatable bonds is 4. The van der Waals surface area contributed by atoms with Gasteiger partial charge in [-0.25, -0.2) is 4.79 Å². The number of esters is 1. The molecule has 0 spiro atoms. The number of benzene rings is 1. The van der Waals surface area contributed by atoms with Crippen LogP contribution in [0.15, 0.2) is 42.6 Å². The smallest absolute Gasteiger partial charge is 0.355 e. The van der Waals surface area contributed by atoms with Crippen molar-refractivity contribution in [2.45, 2.75) is 0 Å². The standard InChI is InChI=1S/C14H12ClN3O4/c15-10-5-2-1-4-9(10)13(20)18-17-12(19)8-22-14(21)11-6-3-7-16-11/h1-7,16H,8H2,(H,17,19)(H,18,20). The van der Waals surface area contributed by atoms with Crippen molar-refractivity contribution in [1.29, 1.82) is 0 Å². The lowest BCUT2D eigenvalue weighted by Gasteiger charge is -2.08. The normalized spacial score (nSPS) is 9.86. The molecule has 0 bridgehead atoms. The summed E-state index contributed by atoms with van der Waals surface area (Å²) in [5, 5.41) is 0.257. The summed E-state index contributed by atoms with van der Waals surface area (Å²) in [4.78, 5) is 37.4. The first-order valence-corrected chi connectivity index (χ1v) is 6.60. The number of hydrogen-bond acceptors (Lipinski definition) is 4. The molecule has 7 nitrogen and oxygen atoms in total. The molecule has 8 heteroatoms. The van der Waals surface area contributed by atoms with E-state index in [0.717, 1.165) is 0 Å². The first-order valence-electron chi connectivity index (χ1n) is 6.22. The van der Waals surface area contributed by atoms with E-state index >= 15 is 0 Å². The van der Waals surface area contributed by atoms with Gasteiger partial charge in [-0.3, -0.25) is 20.4 Å². The Bertz CT molecular complexity index is 685. The monoisotopic (exact) mass is 321 g/mol. The van der Waals surface area contributed by atoms with Crippen LogP contribution in [0.4, 0.5) is 0 Å². The van der Waals surface area contributed by atoms with Crippen LogP contribution in [0.3, 0.4) is 0 Å². The van der Waals surface area contributed by atoms with E-state index in [1.807, 2.05) is 0 Å². The molecule has 0 radical (unpaired) electrons. The maximum Gasteiger partial charge on any atom is 0.355 e. The fourth-order valence-electron chi connectivity index (χ4n) is 1.54. The van der Waals surface area contributed by atoms with E-state index in [4.69, 9.17) is 16.3 Å². The van der Waals surface area contributed by atoms with Crippen molar-refractivity contribution in [2.75, 3.05) is 6.61 Å². The molecule has 0 saturated heterocycles. The van der Waals surface area contributed by atoms with Gasteiger partial charge in [-0.15, -0.1) is 0 Å². The summed E-state index contributed by atoms with van der Waals surface area (Å²) in [7, 11) is 0. The highest BCUT2D eigenvalue weighted by molar-refractivity contribution is 6.33. The summed E-state index contributed by atoms with van der Waals surface area (Å²) < 4.78 is 4.75. The Hall–Kier alpha value is -2.80. The molecule has 2 amide bonds. The van der Waals surface area contributed by atoms with Crippen molar-refractivity contribution in [2.24, 2.45) is 0 Å². The average Bonchev–Trinajstić information content (AvgIpc) is 3.05. The van der Waals surface area contributed by atoms with Gasteiger partial charge in [0.05, 0.1) is 10.6 Å². The number of amides is 2. The van der Waals surface area contributed by atoms with Crippen LogP contribution in [-0.4, -0.2) is 29.4 Å². The van der Waals surface area contributed by atoms with E-state index in [9.17, 15) is 14.4 Å². The molecule has 0 aliphatic carbocycles. The summed E-state index contributed by atoms with van der Waals surface area (Å²) in [5.74, 6) is -1.92. The van der Waals surface area contributed by atoms with Gasteiger partial charge >= 0.3 is 5.97 Å². The van der Waals surface area contributed by atoms with Gasteiger partial charge in [0, 0.05) is 6.20 Å². The molecule has 1 heterocycles. The third-order valence-corrected chi connectivity index (χ3v) is 2.92. The fourth-order valence-corrected chi connectivity index (χ4v) is 1.76. The van der Waals surface area contributed by atoms with E-state index in [2.05, 4.69) is 15.8 Å². The summed E-state index contributed by atoms with van der Waals surface area (Å²) in [6.07, 6.45) is 1.56. The van der Waals surface area contributed by atoms with E-state index in [-0.39, 0.29) is 16.3 Å². The van der Waals surface area contributed by atoms with E-state index in [1.165, 1.54) is 12.1 Å². The summed E-state index contributed by atoms with van der Waals surface area (Å²) in [6, 6.07) is 9.52. The van der Waals surface area contributed by atoms with Gasteiger partial charge in [-0.05, 0) is 24.3 Å². The Morgan fingerprint density at radius 1 is 1.09 bits per heavy atom. The average molecular weight is 322 g/mol. The summed E-state index contributed by atoms with van der Waals surface area (Å²) in [6.45, 7) is -0.527. The molecule has 3 N–H and O–H groups in total. The van der Waals surface area contributed by atoms with Crippen molar-refractivity contribution in [3.05, 3.63) is 58.9 Å². The van der Waals surface area contributed by atoms with Gasteiger partial charge < -0.3 is 9.72 Å². The van der Waals surface area contributed by atoms with Crippen LogP contribution in [0.25, 0.3) is 0 Å². The largest absolute Gasteiger partial charge is 0.451 e. The number of carbonyl (C=O) groups excluding carboxylic acids is 3. The summed E-state index contributed by atoms with van der Waals surface area (Å²) in [5.41, 5.74) is 4.75. The zero-order chi connectivity index (χ0) is 15.9. The van der Waals surface area contributed by atoms with Crippen molar-refractivity contribution in [1.82, 2.24) is 15.8 Å². The minimum Gasteiger partial charge on any atom is -0.451 e. The molecule has 1 aromatic carbocycles. The van der Waals surface area contributed by atoms with Crippen LogP contribution in [0, 0.1) is 0 Å². The molecule has 0 saturated carbocycles. The lowest BCUT2D eigenvalue weighted by atomic mass is 10.2. The predicted octanol–water partition coefficient (Wildman–Crippen LogP) is 1.29.